The minimum atomic E-state index is 0.113. The Morgan fingerprint density at radius 3 is 2.73 bits per heavy atom. The van der Waals surface area contributed by atoms with Gasteiger partial charge in [0.1, 0.15) is 5.78 Å². The molecule has 1 saturated carbocycles. The number of allylic oxidation sites excluding steroid dienone is 2. The Hall–Kier alpha value is -0.920. The SMILES string of the molecule is CCC(=O)CCC1(/C=N/C2CCCCC2)CC=C(C)CC1C. The van der Waals surface area contributed by atoms with Gasteiger partial charge in [-0.1, -0.05) is 44.8 Å². The molecule has 0 heterocycles. The van der Waals surface area contributed by atoms with Crippen molar-refractivity contribution in [2.45, 2.75) is 91.0 Å². The summed E-state index contributed by atoms with van der Waals surface area (Å²) in [4.78, 5) is 16.8. The van der Waals surface area contributed by atoms with Crippen LogP contribution in [0.1, 0.15) is 85.0 Å². The summed E-state index contributed by atoms with van der Waals surface area (Å²) < 4.78 is 0. The molecule has 2 aliphatic rings. The molecular weight excluding hydrogens is 270 g/mol. The molecule has 2 aliphatic carbocycles. The minimum Gasteiger partial charge on any atom is -0.300 e. The molecule has 0 spiro atoms. The molecule has 0 aromatic rings. The third-order valence-electron chi connectivity index (χ3n) is 5.82. The molecule has 0 amide bonds. The Bertz CT molecular complexity index is 431. The molecule has 2 heteroatoms. The molecule has 2 atom stereocenters. The Labute approximate surface area is 136 Å². The maximum Gasteiger partial charge on any atom is 0.132 e. The van der Waals surface area contributed by atoms with E-state index in [1.165, 1.54) is 37.7 Å². The second-order valence-corrected chi connectivity index (χ2v) is 7.56. The molecule has 0 saturated heterocycles. The van der Waals surface area contributed by atoms with Gasteiger partial charge in [-0.05, 0) is 44.9 Å². The van der Waals surface area contributed by atoms with Crippen LogP contribution < -0.4 is 0 Å². The van der Waals surface area contributed by atoms with Crippen molar-refractivity contribution in [3.63, 3.8) is 0 Å². The Kier molecular flexibility index (Phi) is 6.40. The minimum absolute atomic E-state index is 0.113. The maximum atomic E-state index is 11.8. The van der Waals surface area contributed by atoms with Crippen molar-refractivity contribution in [3.05, 3.63) is 11.6 Å². The summed E-state index contributed by atoms with van der Waals surface area (Å²) in [6.45, 7) is 6.55. The van der Waals surface area contributed by atoms with Crippen LogP contribution in [-0.2, 0) is 4.79 Å². The topological polar surface area (TPSA) is 29.4 Å². The quantitative estimate of drug-likeness (QED) is 0.470. The fourth-order valence-electron chi connectivity index (χ4n) is 3.96. The lowest BCUT2D eigenvalue weighted by Crippen LogP contribution is -2.34. The molecule has 0 aliphatic heterocycles. The zero-order chi connectivity index (χ0) is 16.0. The van der Waals surface area contributed by atoms with Crippen LogP contribution in [0.3, 0.4) is 0 Å². The van der Waals surface area contributed by atoms with Crippen molar-refractivity contribution in [3.8, 4) is 0 Å². The summed E-state index contributed by atoms with van der Waals surface area (Å²) in [6, 6.07) is 0.534. The van der Waals surface area contributed by atoms with Crippen molar-refractivity contribution in [2.75, 3.05) is 0 Å². The number of aliphatic imine (C=N–C) groups is 1. The van der Waals surface area contributed by atoms with E-state index in [0.717, 1.165) is 19.3 Å². The van der Waals surface area contributed by atoms with Crippen molar-refractivity contribution in [2.24, 2.45) is 16.3 Å². The van der Waals surface area contributed by atoms with E-state index in [0.29, 0.717) is 30.6 Å². The summed E-state index contributed by atoms with van der Waals surface area (Å²) in [5.41, 5.74) is 1.61. The summed E-state index contributed by atoms with van der Waals surface area (Å²) in [7, 11) is 0. The third-order valence-corrected chi connectivity index (χ3v) is 5.82. The highest BCUT2D eigenvalue weighted by Gasteiger charge is 2.36. The molecular formula is C20H33NO. The van der Waals surface area contributed by atoms with Crippen LogP contribution in [0, 0.1) is 11.3 Å². The zero-order valence-electron chi connectivity index (χ0n) is 14.7. The lowest BCUT2D eigenvalue weighted by molar-refractivity contribution is -0.119. The highest BCUT2D eigenvalue weighted by Crippen LogP contribution is 2.43. The van der Waals surface area contributed by atoms with Crippen LogP contribution in [0.5, 0.6) is 0 Å². The Morgan fingerprint density at radius 1 is 1.36 bits per heavy atom. The number of nitrogens with zero attached hydrogens (tertiary/aromatic N) is 1. The Morgan fingerprint density at radius 2 is 2.09 bits per heavy atom. The van der Waals surface area contributed by atoms with Gasteiger partial charge >= 0.3 is 0 Å². The molecule has 22 heavy (non-hydrogen) atoms. The van der Waals surface area contributed by atoms with E-state index in [1.54, 1.807) is 0 Å². The summed E-state index contributed by atoms with van der Waals surface area (Å²) in [5.74, 6) is 0.985. The van der Waals surface area contributed by atoms with Crippen molar-refractivity contribution in [1.29, 1.82) is 0 Å². The van der Waals surface area contributed by atoms with Crippen molar-refractivity contribution in [1.82, 2.24) is 0 Å². The molecule has 0 aromatic heterocycles. The number of Topliss-reactive ketones (excluding diaryl/α,β-unsaturated/α-hetero) is 1. The van der Waals surface area contributed by atoms with E-state index >= 15 is 0 Å². The molecule has 0 N–H and O–H groups in total. The van der Waals surface area contributed by atoms with Crippen LogP contribution in [0.15, 0.2) is 16.6 Å². The standard InChI is InChI=1S/C20H33NO/c1-4-19(22)11-13-20(12-10-16(2)14-17(20)3)15-21-18-8-6-5-7-9-18/h10,15,17-18H,4-9,11-14H2,1-3H3/b21-15+. The molecule has 0 aromatic carbocycles. The zero-order valence-corrected chi connectivity index (χ0v) is 14.7. The summed E-state index contributed by atoms with van der Waals surface area (Å²) in [6.07, 6.45) is 15.8. The first-order valence-corrected chi connectivity index (χ1v) is 9.27. The second kappa shape index (κ2) is 8.08. The first kappa shape index (κ1) is 17.4. The lowest BCUT2D eigenvalue weighted by Gasteiger charge is -2.39. The van der Waals surface area contributed by atoms with Crippen molar-refractivity contribution < 1.29 is 4.79 Å². The first-order chi connectivity index (χ1) is 10.6. The molecule has 0 bridgehead atoms. The predicted octanol–water partition coefficient (Wildman–Crippen LogP) is 5.51. The van der Waals surface area contributed by atoms with Gasteiger partial charge in [-0.15, -0.1) is 0 Å². The summed E-state index contributed by atoms with van der Waals surface area (Å²) >= 11 is 0. The lowest BCUT2D eigenvalue weighted by atomic mass is 9.66. The second-order valence-electron chi connectivity index (χ2n) is 7.56. The van der Waals surface area contributed by atoms with Gasteiger partial charge in [-0.2, -0.15) is 0 Å². The van der Waals surface area contributed by atoms with E-state index in [2.05, 4.69) is 26.1 Å². The smallest absolute Gasteiger partial charge is 0.132 e. The van der Waals surface area contributed by atoms with E-state index < -0.39 is 0 Å². The average molecular weight is 303 g/mol. The maximum absolute atomic E-state index is 11.8. The molecule has 2 rings (SSSR count). The fraction of sp³-hybridized carbons (Fsp3) is 0.800. The summed E-state index contributed by atoms with van der Waals surface area (Å²) in [5, 5.41) is 0. The van der Waals surface area contributed by atoms with Gasteiger partial charge in [0, 0.05) is 30.5 Å². The van der Waals surface area contributed by atoms with E-state index in [-0.39, 0.29) is 5.41 Å². The van der Waals surface area contributed by atoms with Crippen LogP contribution in [0.25, 0.3) is 0 Å². The number of hydrogen-bond acceptors (Lipinski definition) is 2. The van der Waals surface area contributed by atoms with Gasteiger partial charge in [-0.3, -0.25) is 9.79 Å². The third kappa shape index (κ3) is 4.54. The molecule has 124 valence electrons. The molecule has 2 unspecified atom stereocenters. The van der Waals surface area contributed by atoms with Gasteiger partial charge < -0.3 is 0 Å². The average Bonchev–Trinajstić information content (AvgIpc) is 2.54. The highest BCUT2D eigenvalue weighted by molar-refractivity contribution is 5.79. The van der Waals surface area contributed by atoms with Crippen LogP contribution in [0.4, 0.5) is 0 Å². The number of carbonyl (C=O) groups is 1. The van der Waals surface area contributed by atoms with Crippen LogP contribution in [-0.4, -0.2) is 18.0 Å². The van der Waals surface area contributed by atoms with E-state index in [4.69, 9.17) is 4.99 Å². The normalized spacial score (nSPS) is 30.5. The van der Waals surface area contributed by atoms with Gasteiger partial charge in [0.2, 0.25) is 0 Å². The fourth-order valence-corrected chi connectivity index (χ4v) is 3.96. The van der Waals surface area contributed by atoms with Crippen molar-refractivity contribution >= 4 is 12.0 Å². The molecule has 0 radical (unpaired) electrons. The van der Waals surface area contributed by atoms with Crippen LogP contribution in [0.2, 0.25) is 0 Å². The monoisotopic (exact) mass is 303 g/mol. The van der Waals surface area contributed by atoms with Gasteiger partial charge in [0.25, 0.3) is 0 Å². The number of rotatable bonds is 6. The largest absolute Gasteiger partial charge is 0.300 e. The number of hydrogen-bond donors (Lipinski definition) is 0. The van der Waals surface area contributed by atoms with Gasteiger partial charge in [0.15, 0.2) is 0 Å². The molecule has 2 nitrogen and oxygen atoms in total. The van der Waals surface area contributed by atoms with E-state index in [9.17, 15) is 4.79 Å². The van der Waals surface area contributed by atoms with Gasteiger partial charge in [-0.25, -0.2) is 0 Å². The van der Waals surface area contributed by atoms with E-state index in [1.807, 2.05) is 6.92 Å². The number of carbonyl (C=O) groups excluding carboxylic acids is 1. The number of ketones is 1. The predicted molar refractivity (Wildman–Crippen MR) is 94.5 cm³/mol. The highest BCUT2D eigenvalue weighted by atomic mass is 16.1. The van der Waals surface area contributed by atoms with Gasteiger partial charge in [0.05, 0.1) is 0 Å². The van der Waals surface area contributed by atoms with Crippen LogP contribution >= 0.6 is 0 Å². The first-order valence-electron chi connectivity index (χ1n) is 9.27. The molecule has 1 fully saturated rings. The Balaban J connectivity index is 2.10.